The van der Waals surface area contributed by atoms with E-state index in [1.54, 1.807) is 18.2 Å². The Morgan fingerprint density at radius 2 is 2.19 bits per heavy atom. The molecule has 21 heavy (non-hydrogen) atoms. The molecule has 2 N–H and O–H groups in total. The first kappa shape index (κ1) is 15.4. The van der Waals surface area contributed by atoms with Crippen molar-refractivity contribution < 1.29 is 19.1 Å². The molecule has 0 radical (unpaired) electrons. The molecule has 5 nitrogen and oxygen atoms in total. The normalized spacial score (nSPS) is 18.7. The van der Waals surface area contributed by atoms with Crippen LogP contribution in [-0.2, 0) is 16.1 Å². The summed E-state index contributed by atoms with van der Waals surface area (Å²) in [4.78, 5) is 25.3. The van der Waals surface area contributed by atoms with Crippen LogP contribution in [0.4, 0.5) is 4.39 Å². The van der Waals surface area contributed by atoms with Gasteiger partial charge in [-0.05, 0) is 12.5 Å². The summed E-state index contributed by atoms with van der Waals surface area (Å²) in [5.74, 6) is -0.891. The van der Waals surface area contributed by atoms with Gasteiger partial charge in [-0.3, -0.25) is 9.59 Å². The maximum absolute atomic E-state index is 13.6. The minimum Gasteiger partial charge on any atom is -0.395 e. The van der Waals surface area contributed by atoms with Gasteiger partial charge in [-0.1, -0.05) is 18.2 Å². The lowest BCUT2D eigenvalue weighted by molar-refractivity contribution is -0.139. The number of amides is 2. The van der Waals surface area contributed by atoms with Crippen LogP contribution in [0.25, 0.3) is 0 Å². The predicted octanol–water partition coefficient (Wildman–Crippen LogP) is 0.673. The van der Waals surface area contributed by atoms with Crippen LogP contribution in [0.1, 0.15) is 18.4 Å². The molecular formula is C15H19FN2O3. The molecule has 0 bridgehead atoms. The lowest BCUT2D eigenvalue weighted by Crippen LogP contribution is -2.45. The second-order valence-corrected chi connectivity index (χ2v) is 5.12. The number of rotatable bonds is 5. The zero-order valence-corrected chi connectivity index (χ0v) is 11.7. The Balaban J connectivity index is 2.00. The van der Waals surface area contributed by atoms with Gasteiger partial charge in [0, 0.05) is 31.6 Å². The molecule has 1 aliphatic rings. The summed E-state index contributed by atoms with van der Waals surface area (Å²) in [7, 11) is 0. The van der Waals surface area contributed by atoms with Crippen molar-refractivity contribution in [2.45, 2.75) is 19.4 Å². The van der Waals surface area contributed by atoms with Crippen LogP contribution in [0.2, 0.25) is 0 Å². The molecule has 0 spiro atoms. The minimum atomic E-state index is -0.350. The second kappa shape index (κ2) is 7.17. The molecule has 114 valence electrons. The topological polar surface area (TPSA) is 69.6 Å². The number of carbonyl (C=O) groups excluding carboxylic acids is 2. The molecular weight excluding hydrogens is 275 g/mol. The highest BCUT2D eigenvalue weighted by atomic mass is 19.1. The van der Waals surface area contributed by atoms with Crippen LogP contribution in [-0.4, -0.2) is 41.5 Å². The highest BCUT2D eigenvalue weighted by Gasteiger charge is 2.30. The largest absolute Gasteiger partial charge is 0.395 e. The van der Waals surface area contributed by atoms with Gasteiger partial charge in [0.15, 0.2) is 0 Å². The average Bonchev–Trinajstić information content (AvgIpc) is 2.49. The number of likely N-dealkylation sites (tertiary alicyclic amines) is 1. The number of carbonyl (C=O) groups is 2. The SMILES string of the molecule is O=C(NCCO)[C@H]1CCC(=O)N(Cc2ccccc2F)C1. The molecule has 1 atom stereocenters. The van der Waals surface area contributed by atoms with Gasteiger partial charge in [-0.25, -0.2) is 4.39 Å². The molecule has 1 aromatic rings. The number of aliphatic hydroxyl groups excluding tert-OH is 1. The van der Waals surface area contributed by atoms with Crippen molar-refractivity contribution in [3.8, 4) is 0 Å². The van der Waals surface area contributed by atoms with Crippen molar-refractivity contribution in [1.29, 1.82) is 0 Å². The van der Waals surface area contributed by atoms with E-state index in [1.807, 2.05) is 0 Å². The van der Waals surface area contributed by atoms with Crippen molar-refractivity contribution in [1.82, 2.24) is 10.2 Å². The van der Waals surface area contributed by atoms with E-state index < -0.39 is 0 Å². The molecule has 6 heteroatoms. The standard InChI is InChI=1S/C15H19FN2O3/c16-13-4-2-1-3-11(13)9-18-10-12(5-6-14(18)20)15(21)17-7-8-19/h1-4,12,19H,5-10H2,(H,17,21)/t12-/m0/s1. The number of aliphatic hydroxyl groups is 1. The number of piperidine rings is 1. The molecule has 0 unspecified atom stereocenters. The predicted molar refractivity (Wildman–Crippen MR) is 74.6 cm³/mol. The Morgan fingerprint density at radius 3 is 2.90 bits per heavy atom. The monoisotopic (exact) mass is 294 g/mol. The van der Waals surface area contributed by atoms with E-state index in [2.05, 4.69) is 5.32 Å². The summed E-state index contributed by atoms with van der Waals surface area (Å²) in [6.45, 7) is 0.548. The van der Waals surface area contributed by atoms with Crippen molar-refractivity contribution in [3.63, 3.8) is 0 Å². The van der Waals surface area contributed by atoms with Crippen molar-refractivity contribution in [3.05, 3.63) is 35.6 Å². The Bertz CT molecular complexity index is 521. The molecule has 0 saturated carbocycles. The number of hydrogen-bond donors (Lipinski definition) is 2. The van der Waals surface area contributed by atoms with Gasteiger partial charge in [-0.2, -0.15) is 0 Å². The minimum absolute atomic E-state index is 0.0653. The summed E-state index contributed by atoms with van der Waals surface area (Å²) in [5.41, 5.74) is 0.447. The maximum atomic E-state index is 13.6. The van der Waals surface area contributed by atoms with Gasteiger partial charge < -0.3 is 15.3 Å². The fourth-order valence-electron chi connectivity index (χ4n) is 2.44. The first-order chi connectivity index (χ1) is 10.1. The fraction of sp³-hybridized carbons (Fsp3) is 0.467. The molecule has 1 aliphatic heterocycles. The van der Waals surface area contributed by atoms with Crippen molar-refractivity contribution in [2.24, 2.45) is 5.92 Å². The van der Waals surface area contributed by atoms with E-state index in [-0.39, 0.29) is 56.2 Å². The van der Waals surface area contributed by atoms with Gasteiger partial charge >= 0.3 is 0 Å². The van der Waals surface area contributed by atoms with E-state index in [1.165, 1.54) is 11.0 Å². The van der Waals surface area contributed by atoms with Crippen LogP contribution in [0, 0.1) is 11.7 Å². The first-order valence-corrected chi connectivity index (χ1v) is 7.01. The lowest BCUT2D eigenvalue weighted by atomic mass is 9.96. The van der Waals surface area contributed by atoms with E-state index in [9.17, 15) is 14.0 Å². The summed E-state index contributed by atoms with van der Waals surface area (Å²) in [5, 5.41) is 11.3. The molecule has 1 saturated heterocycles. The zero-order chi connectivity index (χ0) is 15.2. The van der Waals surface area contributed by atoms with Gasteiger partial charge in [0.1, 0.15) is 5.82 Å². The van der Waals surface area contributed by atoms with E-state index in [0.29, 0.717) is 12.0 Å². The summed E-state index contributed by atoms with van der Waals surface area (Å²) >= 11 is 0. The van der Waals surface area contributed by atoms with Gasteiger partial charge in [0.25, 0.3) is 0 Å². The molecule has 2 amide bonds. The third kappa shape index (κ3) is 4.01. The molecule has 1 aromatic carbocycles. The first-order valence-electron chi connectivity index (χ1n) is 7.01. The third-order valence-corrected chi connectivity index (χ3v) is 3.60. The Morgan fingerprint density at radius 1 is 1.43 bits per heavy atom. The van der Waals surface area contributed by atoms with Gasteiger partial charge in [0.2, 0.25) is 11.8 Å². The Kier molecular flexibility index (Phi) is 5.27. The average molecular weight is 294 g/mol. The maximum Gasteiger partial charge on any atom is 0.224 e. The van der Waals surface area contributed by atoms with E-state index in [0.717, 1.165) is 0 Å². The lowest BCUT2D eigenvalue weighted by Gasteiger charge is -2.32. The quantitative estimate of drug-likeness (QED) is 0.839. The molecule has 1 heterocycles. The van der Waals surface area contributed by atoms with Crippen LogP contribution in [0.5, 0.6) is 0 Å². The highest BCUT2D eigenvalue weighted by Crippen LogP contribution is 2.20. The third-order valence-electron chi connectivity index (χ3n) is 3.60. The van der Waals surface area contributed by atoms with E-state index >= 15 is 0 Å². The summed E-state index contributed by atoms with van der Waals surface area (Å²) in [6, 6.07) is 6.31. The summed E-state index contributed by atoms with van der Waals surface area (Å²) in [6.07, 6.45) is 0.773. The number of nitrogens with one attached hydrogen (secondary N) is 1. The molecule has 1 fully saturated rings. The van der Waals surface area contributed by atoms with Gasteiger partial charge in [-0.15, -0.1) is 0 Å². The number of halogens is 1. The Labute approximate surface area is 122 Å². The molecule has 2 rings (SSSR count). The van der Waals surface area contributed by atoms with E-state index in [4.69, 9.17) is 5.11 Å². The molecule has 0 aromatic heterocycles. The molecule has 0 aliphatic carbocycles. The summed E-state index contributed by atoms with van der Waals surface area (Å²) < 4.78 is 13.6. The zero-order valence-electron chi connectivity index (χ0n) is 11.7. The Hall–Kier alpha value is -1.95. The number of nitrogens with zero attached hydrogens (tertiary/aromatic N) is 1. The van der Waals surface area contributed by atoms with Crippen LogP contribution < -0.4 is 5.32 Å². The smallest absolute Gasteiger partial charge is 0.224 e. The van der Waals surface area contributed by atoms with Crippen LogP contribution in [0.3, 0.4) is 0 Å². The van der Waals surface area contributed by atoms with Crippen molar-refractivity contribution >= 4 is 11.8 Å². The number of hydrogen-bond acceptors (Lipinski definition) is 3. The number of benzene rings is 1. The van der Waals surface area contributed by atoms with Gasteiger partial charge in [0.05, 0.1) is 12.5 Å². The highest BCUT2D eigenvalue weighted by molar-refractivity contribution is 5.83. The van der Waals surface area contributed by atoms with Crippen molar-refractivity contribution in [2.75, 3.05) is 19.7 Å². The fourth-order valence-corrected chi connectivity index (χ4v) is 2.44. The second-order valence-electron chi connectivity index (χ2n) is 5.12. The van der Waals surface area contributed by atoms with Crippen LogP contribution >= 0.6 is 0 Å². The van der Waals surface area contributed by atoms with Crippen LogP contribution in [0.15, 0.2) is 24.3 Å².